The van der Waals surface area contributed by atoms with Gasteiger partial charge in [0.05, 0.1) is 11.3 Å². The Labute approximate surface area is 102 Å². The summed E-state index contributed by atoms with van der Waals surface area (Å²) in [5.41, 5.74) is 1.88. The molecule has 17 heavy (non-hydrogen) atoms. The maximum atomic E-state index is 11.9. The number of rotatable bonds is 2. The predicted molar refractivity (Wildman–Crippen MR) is 65.4 cm³/mol. The molecule has 0 fully saturated rings. The molecule has 2 rings (SSSR count). The fourth-order valence-electron chi connectivity index (χ4n) is 1.33. The Hall–Kier alpha value is -1.95. The van der Waals surface area contributed by atoms with Crippen molar-refractivity contribution >= 4 is 23.3 Å². The summed E-state index contributed by atoms with van der Waals surface area (Å²) < 4.78 is 4.02. The van der Waals surface area contributed by atoms with Crippen molar-refractivity contribution in [2.24, 2.45) is 0 Å². The zero-order valence-electron chi connectivity index (χ0n) is 9.39. The highest BCUT2D eigenvalue weighted by Gasteiger charge is 2.13. The normalized spacial score (nSPS) is 10.2. The van der Waals surface area contributed by atoms with E-state index in [1.54, 1.807) is 25.3 Å². The van der Waals surface area contributed by atoms with Crippen LogP contribution in [0, 0.1) is 13.8 Å². The van der Waals surface area contributed by atoms with E-state index in [0.29, 0.717) is 11.3 Å². The van der Waals surface area contributed by atoms with Crippen molar-refractivity contribution in [2.45, 2.75) is 13.8 Å². The van der Waals surface area contributed by atoms with Crippen molar-refractivity contribution in [3.8, 4) is 5.75 Å². The number of hydrogen-bond acceptors (Lipinski definition) is 5. The van der Waals surface area contributed by atoms with Gasteiger partial charge in [-0.15, -0.1) is 0 Å². The van der Waals surface area contributed by atoms with Crippen LogP contribution in [0.1, 0.15) is 21.7 Å². The first kappa shape index (κ1) is 11.5. The lowest BCUT2D eigenvalue weighted by Gasteiger charge is -2.06. The standard InChI is InChI=1S/C11H11N3O2S/c1-6-3-4-9(15)10(12-6)13-11(16)8-5-17-14-7(8)2/h3-5,15H,1-2H3,(H,12,13,16). The van der Waals surface area contributed by atoms with E-state index >= 15 is 0 Å². The van der Waals surface area contributed by atoms with Crippen LogP contribution in [0.2, 0.25) is 0 Å². The molecule has 2 aromatic rings. The zero-order valence-corrected chi connectivity index (χ0v) is 10.2. The highest BCUT2D eigenvalue weighted by Crippen LogP contribution is 2.21. The van der Waals surface area contributed by atoms with E-state index in [1.807, 2.05) is 0 Å². The fourth-order valence-corrected chi connectivity index (χ4v) is 2.02. The molecule has 0 atom stereocenters. The van der Waals surface area contributed by atoms with E-state index in [0.717, 1.165) is 5.69 Å². The van der Waals surface area contributed by atoms with Crippen molar-refractivity contribution in [2.75, 3.05) is 5.32 Å². The highest BCUT2D eigenvalue weighted by molar-refractivity contribution is 7.04. The van der Waals surface area contributed by atoms with E-state index in [2.05, 4.69) is 14.7 Å². The summed E-state index contributed by atoms with van der Waals surface area (Å²) in [6, 6.07) is 3.17. The number of carbonyl (C=O) groups is 1. The Balaban J connectivity index is 2.24. The van der Waals surface area contributed by atoms with Gasteiger partial charge in [-0.25, -0.2) is 4.98 Å². The summed E-state index contributed by atoms with van der Waals surface area (Å²) in [5.74, 6) is -0.199. The summed E-state index contributed by atoms with van der Waals surface area (Å²) in [6.07, 6.45) is 0. The number of carbonyl (C=O) groups excluding carboxylic acids is 1. The molecule has 0 aliphatic rings. The van der Waals surface area contributed by atoms with Crippen LogP contribution >= 0.6 is 11.5 Å². The van der Waals surface area contributed by atoms with Crippen molar-refractivity contribution in [3.05, 3.63) is 34.5 Å². The van der Waals surface area contributed by atoms with Crippen molar-refractivity contribution in [3.63, 3.8) is 0 Å². The molecule has 5 nitrogen and oxygen atoms in total. The van der Waals surface area contributed by atoms with Crippen molar-refractivity contribution < 1.29 is 9.90 Å². The summed E-state index contributed by atoms with van der Waals surface area (Å²) in [6.45, 7) is 3.54. The molecule has 2 aromatic heterocycles. The smallest absolute Gasteiger partial charge is 0.259 e. The molecule has 6 heteroatoms. The molecule has 0 bridgehead atoms. The van der Waals surface area contributed by atoms with Crippen molar-refractivity contribution in [1.82, 2.24) is 9.36 Å². The number of aromatic nitrogens is 2. The molecule has 88 valence electrons. The lowest BCUT2D eigenvalue weighted by Crippen LogP contribution is -2.13. The number of anilines is 1. The Bertz CT molecular complexity index is 566. The molecule has 0 radical (unpaired) electrons. The third-order valence-electron chi connectivity index (χ3n) is 2.24. The van der Waals surface area contributed by atoms with Gasteiger partial charge in [0.2, 0.25) is 0 Å². The number of nitrogens with zero attached hydrogens (tertiary/aromatic N) is 2. The molecule has 2 heterocycles. The van der Waals surface area contributed by atoms with Gasteiger partial charge in [-0.1, -0.05) is 0 Å². The third-order valence-corrected chi connectivity index (χ3v) is 2.96. The lowest BCUT2D eigenvalue weighted by molar-refractivity contribution is 0.102. The first-order valence-corrected chi connectivity index (χ1v) is 5.80. The molecule has 0 unspecified atom stereocenters. The Morgan fingerprint density at radius 1 is 1.41 bits per heavy atom. The van der Waals surface area contributed by atoms with Gasteiger partial charge in [-0.2, -0.15) is 4.37 Å². The predicted octanol–water partition coefficient (Wildman–Crippen LogP) is 2.11. The van der Waals surface area contributed by atoms with E-state index in [-0.39, 0.29) is 17.5 Å². The van der Waals surface area contributed by atoms with Gasteiger partial charge in [0.15, 0.2) is 11.6 Å². The largest absolute Gasteiger partial charge is 0.504 e. The number of aryl methyl sites for hydroxylation is 2. The van der Waals surface area contributed by atoms with Gasteiger partial charge in [-0.3, -0.25) is 4.79 Å². The average Bonchev–Trinajstić information content (AvgIpc) is 2.70. The Kier molecular flexibility index (Phi) is 3.06. The minimum absolute atomic E-state index is 0.0511. The van der Waals surface area contributed by atoms with Crippen molar-refractivity contribution in [1.29, 1.82) is 0 Å². The molecule has 2 N–H and O–H groups in total. The van der Waals surface area contributed by atoms with Crippen LogP contribution in [0.4, 0.5) is 5.82 Å². The monoisotopic (exact) mass is 249 g/mol. The quantitative estimate of drug-likeness (QED) is 0.854. The van der Waals surface area contributed by atoms with E-state index in [9.17, 15) is 9.90 Å². The second-order valence-corrected chi connectivity index (χ2v) is 4.22. The molecular weight excluding hydrogens is 238 g/mol. The average molecular weight is 249 g/mol. The molecule has 0 spiro atoms. The highest BCUT2D eigenvalue weighted by atomic mass is 32.1. The van der Waals surface area contributed by atoms with E-state index < -0.39 is 0 Å². The second kappa shape index (κ2) is 4.50. The molecule has 0 aliphatic carbocycles. The summed E-state index contributed by atoms with van der Waals surface area (Å²) >= 11 is 1.22. The zero-order chi connectivity index (χ0) is 12.4. The minimum atomic E-state index is -0.315. The van der Waals surface area contributed by atoms with Gasteiger partial charge in [0.25, 0.3) is 5.91 Å². The summed E-state index contributed by atoms with van der Waals surface area (Å²) in [7, 11) is 0. The van der Waals surface area contributed by atoms with Crippen LogP contribution in [0.3, 0.4) is 0 Å². The lowest BCUT2D eigenvalue weighted by atomic mass is 10.2. The number of pyridine rings is 1. The topological polar surface area (TPSA) is 75.1 Å². The van der Waals surface area contributed by atoms with Gasteiger partial charge in [0.1, 0.15) is 0 Å². The number of aromatic hydroxyl groups is 1. The Morgan fingerprint density at radius 2 is 2.18 bits per heavy atom. The molecule has 0 aromatic carbocycles. The Morgan fingerprint density at radius 3 is 2.82 bits per heavy atom. The first-order chi connectivity index (χ1) is 8.08. The number of nitrogens with one attached hydrogen (secondary N) is 1. The van der Waals surface area contributed by atoms with Gasteiger partial charge < -0.3 is 10.4 Å². The van der Waals surface area contributed by atoms with Crippen LogP contribution in [0.25, 0.3) is 0 Å². The molecule has 0 saturated carbocycles. The summed E-state index contributed by atoms with van der Waals surface area (Å²) in [4.78, 5) is 15.9. The van der Waals surface area contributed by atoms with Crippen LogP contribution in [0.15, 0.2) is 17.5 Å². The molecule has 1 amide bonds. The minimum Gasteiger partial charge on any atom is -0.504 e. The maximum absolute atomic E-state index is 11.9. The first-order valence-electron chi connectivity index (χ1n) is 4.97. The maximum Gasteiger partial charge on any atom is 0.259 e. The molecular formula is C11H11N3O2S. The molecule has 0 saturated heterocycles. The van der Waals surface area contributed by atoms with Gasteiger partial charge >= 0.3 is 0 Å². The molecule has 0 aliphatic heterocycles. The number of hydrogen-bond donors (Lipinski definition) is 2. The van der Waals surface area contributed by atoms with Gasteiger partial charge in [0, 0.05) is 11.1 Å². The van der Waals surface area contributed by atoms with Crippen LogP contribution in [-0.2, 0) is 0 Å². The van der Waals surface area contributed by atoms with E-state index in [4.69, 9.17) is 0 Å². The van der Waals surface area contributed by atoms with E-state index in [1.165, 1.54) is 17.6 Å². The van der Waals surface area contributed by atoms with Crippen LogP contribution in [-0.4, -0.2) is 20.4 Å². The summed E-state index contributed by atoms with van der Waals surface area (Å²) in [5, 5.41) is 13.8. The number of amides is 1. The fraction of sp³-hybridized carbons (Fsp3) is 0.182. The van der Waals surface area contributed by atoms with Crippen LogP contribution < -0.4 is 5.32 Å². The SMILES string of the molecule is Cc1ccc(O)c(NC(=O)c2csnc2C)n1. The third kappa shape index (κ3) is 2.42. The van der Waals surface area contributed by atoms with Gasteiger partial charge in [-0.05, 0) is 37.5 Å². The van der Waals surface area contributed by atoms with Crippen LogP contribution in [0.5, 0.6) is 5.75 Å². The second-order valence-electron chi connectivity index (χ2n) is 3.59.